The second kappa shape index (κ2) is 17.4. The number of likely N-dealkylation sites (N-methyl/N-ethyl adjacent to an activating group) is 1. The van der Waals surface area contributed by atoms with Crippen molar-refractivity contribution in [3.05, 3.63) is 42.5 Å². The minimum absolute atomic E-state index is 0.00190. The summed E-state index contributed by atoms with van der Waals surface area (Å²) in [6, 6.07) is 1.15. The van der Waals surface area contributed by atoms with Crippen LogP contribution in [0.3, 0.4) is 0 Å². The number of unbranched alkanes of at least 4 members (excludes halogenated alkanes) is 1. The number of ketones is 2. The number of rotatable bonds is 17. The number of hydrogen-bond donors (Lipinski definition) is 4. The fraction of sp³-hybridized carbons (Fsp3) is 0.650. The summed E-state index contributed by atoms with van der Waals surface area (Å²) in [7, 11) is -2.58. The van der Waals surface area contributed by atoms with Crippen molar-refractivity contribution in [3.8, 4) is 0 Å². The molecule has 306 valence electrons. The Kier molecular flexibility index (Phi) is 14.3. The molecule has 14 nitrogen and oxygen atoms in total. The molecule has 1 unspecified atom stereocenters. The Morgan fingerprint density at radius 2 is 1.58 bits per heavy atom. The first-order valence-corrected chi connectivity index (χ1v) is 20.4. The number of amides is 5. The minimum Gasteiger partial charge on any atom is -0.346 e. The average Bonchev–Trinajstić information content (AvgIpc) is 3.39. The van der Waals surface area contributed by atoms with E-state index in [4.69, 9.17) is 0 Å². The Morgan fingerprint density at radius 3 is 2.09 bits per heavy atom. The van der Waals surface area contributed by atoms with E-state index < -0.39 is 74.6 Å². The quantitative estimate of drug-likeness (QED) is 0.105. The maximum Gasteiger partial charge on any atom is 0.315 e. The fourth-order valence-corrected chi connectivity index (χ4v) is 8.42. The lowest BCUT2D eigenvalue weighted by Crippen LogP contribution is -2.62. The molecule has 4 N–H and O–H groups in total. The van der Waals surface area contributed by atoms with E-state index in [0.29, 0.717) is 12.0 Å². The van der Waals surface area contributed by atoms with E-state index in [1.165, 1.54) is 49.2 Å². The van der Waals surface area contributed by atoms with Gasteiger partial charge >= 0.3 is 6.03 Å². The van der Waals surface area contributed by atoms with Crippen LogP contribution in [0.1, 0.15) is 98.9 Å². The van der Waals surface area contributed by atoms with E-state index in [1.54, 1.807) is 20.8 Å². The van der Waals surface area contributed by atoms with E-state index >= 15 is 0 Å². The summed E-state index contributed by atoms with van der Waals surface area (Å²) in [6.45, 7) is 22.2. The normalized spacial score (nSPS) is 20.7. The topological polar surface area (TPSA) is 191 Å². The van der Waals surface area contributed by atoms with Crippen LogP contribution >= 0.6 is 0 Å². The number of benzene rings is 1. The molecule has 0 spiro atoms. The van der Waals surface area contributed by atoms with Gasteiger partial charge in [0.15, 0.2) is 5.78 Å². The number of hydrogen-bond acceptors (Lipinski definition) is 8. The third-order valence-corrected chi connectivity index (χ3v) is 12.9. The number of nitrogens with one attached hydrogen (secondary N) is 4. The summed E-state index contributed by atoms with van der Waals surface area (Å²) in [5, 5.41) is 11.0. The maximum absolute atomic E-state index is 14.5. The van der Waals surface area contributed by atoms with E-state index in [0.717, 1.165) is 10.7 Å². The third kappa shape index (κ3) is 10.6. The molecule has 2 fully saturated rings. The van der Waals surface area contributed by atoms with Gasteiger partial charge in [-0.1, -0.05) is 93.4 Å². The molecule has 1 aliphatic carbocycles. The molecular formula is C40H62N6O8S. The van der Waals surface area contributed by atoms with Gasteiger partial charge in [0, 0.05) is 38.3 Å². The molecule has 0 radical (unpaired) electrons. The number of carbonyl (C=O) groups excluding carboxylic acids is 6. The van der Waals surface area contributed by atoms with E-state index in [2.05, 4.69) is 27.8 Å². The second-order valence-electron chi connectivity index (χ2n) is 17.7. The minimum atomic E-state index is -3.99. The molecule has 1 heterocycles. The highest BCUT2D eigenvalue weighted by atomic mass is 32.2. The Morgan fingerprint density at radius 1 is 0.982 bits per heavy atom. The number of nitrogens with zero attached hydrogens (tertiary/aromatic N) is 2. The summed E-state index contributed by atoms with van der Waals surface area (Å²) >= 11 is 0. The standard InChI is InChI=1S/C40H62N6O8S/c1-13-15-16-28(32(48)35(50)41-21-14-2)42-34(49)31-30-27(40(30,10)11)22-46(31)36(51)33(39(7,8)9)44-37(52)43-29(38(4,5)6)23-45(12)55(53,54)26-19-17-25(18-20-26)24(3)47/h14,17-20,27-31,33H,2,13,15-16,21-23H2,1,3-12H3,(H,41,50)(H,42,49)(H2,43,44,52)/t27-,28?,29+,30-,31-,33+/m0/s1. The molecule has 3 rings (SSSR count). The van der Waals surface area contributed by atoms with E-state index in [1.807, 2.05) is 41.5 Å². The highest BCUT2D eigenvalue weighted by Gasteiger charge is 2.70. The zero-order valence-electron chi connectivity index (χ0n) is 34.4. The molecule has 1 aliphatic heterocycles. The molecule has 1 saturated carbocycles. The fourth-order valence-electron chi connectivity index (χ4n) is 7.24. The van der Waals surface area contributed by atoms with Crippen LogP contribution in [-0.2, 0) is 29.2 Å². The summed E-state index contributed by atoms with van der Waals surface area (Å²) < 4.78 is 28.1. The van der Waals surface area contributed by atoms with E-state index in [9.17, 15) is 37.2 Å². The summed E-state index contributed by atoms with van der Waals surface area (Å²) in [5.74, 6) is -2.95. The van der Waals surface area contributed by atoms with Gasteiger partial charge < -0.3 is 26.2 Å². The van der Waals surface area contributed by atoms with Crippen molar-refractivity contribution >= 4 is 45.3 Å². The van der Waals surface area contributed by atoms with Crippen LogP contribution in [0.2, 0.25) is 0 Å². The SMILES string of the molecule is C=CCNC(=O)C(=O)C(CCCC)NC(=O)[C@@H]1[C@@H]2[C@H](CN1C(=O)[C@@H](NC(=O)N[C@H](CN(C)S(=O)(=O)c1ccc(C(C)=O)cc1)C(C)(C)C)C(C)(C)C)C2(C)C. The molecule has 15 heteroatoms. The van der Waals surface area contributed by atoms with Crippen LogP contribution in [0, 0.1) is 28.1 Å². The molecule has 0 aromatic heterocycles. The van der Waals surface area contributed by atoms with Gasteiger partial charge in [-0.2, -0.15) is 4.31 Å². The van der Waals surface area contributed by atoms with Crippen molar-refractivity contribution < 1.29 is 37.2 Å². The first-order valence-electron chi connectivity index (χ1n) is 19.0. The van der Waals surface area contributed by atoms with E-state index in [-0.39, 0.29) is 54.0 Å². The maximum atomic E-state index is 14.5. The number of carbonyl (C=O) groups is 6. The van der Waals surface area contributed by atoms with Crippen LogP contribution in [0.25, 0.3) is 0 Å². The van der Waals surface area contributed by atoms with Crippen LogP contribution in [0.5, 0.6) is 0 Å². The number of sulfonamides is 1. The van der Waals surface area contributed by atoms with Gasteiger partial charge in [-0.25, -0.2) is 13.2 Å². The van der Waals surface area contributed by atoms with Gasteiger partial charge in [-0.3, -0.25) is 24.0 Å². The van der Waals surface area contributed by atoms with Crippen molar-refractivity contribution in [2.45, 2.75) is 118 Å². The van der Waals surface area contributed by atoms with Gasteiger partial charge in [0.05, 0.1) is 10.9 Å². The number of urea groups is 1. The van der Waals surface area contributed by atoms with Gasteiger partial charge in [0.1, 0.15) is 12.1 Å². The second-order valence-corrected chi connectivity index (χ2v) is 19.7. The largest absolute Gasteiger partial charge is 0.346 e. The lowest BCUT2D eigenvalue weighted by molar-refractivity contribution is -0.145. The van der Waals surface area contributed by atoms with Crippen molar-refractivity contribution in [1.82, 2.24) is 30.5 Å². The third-order valence-electron chi connectivity index (χ3n) is 11.0. The number of likely N-dealkylation sites (tertiary alicyclic amines) is 1. The van der Waals surface area contributed by atoms with Crippen LogP contribution in [0.4, 0.5) is 4.79 Å². The molecule has 2 aliphatic rings. The predicted molar refractivity (Wildman–Crippen MR) is 210 cm³/mol. The first-order chi connectivity index (χ1) is 25.3. The highest BCUT2D eigenvalue weighted by Crippen LogP contribution is 2.65. The van der Waals surface area contributed by atoms with Crippen molar-refractivity contribution in [2.24, 2.45) is 28.1 Å². The smallest absolute Gasteiger partial charge is 0.315 e. The molecule has 5 amide bonds. The van der Waals surface area contributed by atoms with Crippen molar-refractivity contribution in [3.63, 3.8) is 0 Å². The highest BCUT2D eigenvalue weighted by molar-refractivity contribution is 7.89. The summed E-state index contributed by atoms with van der Waals surface area (Å²) in [6.07, 6.45) is 3.03. The number of fused-ring (bicyclic) bond motifs is 1. The Hall–Kier alpha value is -4.11. The predicted octanol–water partition coefficient (Wildman–Crippen LogP) is 3.67. The number of Topliss-reactive ketones (excluding diaryl/α,β-unsaturated/α-hetero) is 2. The van der Waals surface area contributed by atoms with Crippen molar-refractivity contribution in [2.75, 3.05) is 26.7 Å². The molecule has 55 heavy (non-hydrogen) atoms. The first kappa shape index (κ1) is 45.3. The zero-order chi connectivity index (χ0) is 41.8. The molecule has 6 atom stereocenters. The molecule has 1 aromatic rings. The van der Waals surface area contributed by atoms with Crippen LogP contribution in [-0.4, -0.2) is 104 Å². The number of piperidine rings is 1. The van der Waals surface area contributed by atoms with Crippen LogP contribution < -0.4 is 21.3 Å². The average molecular weight is 787 g/mol. The molecule has 1 aromatic carbocycles. The van der Waals surface area contributed by atoms with Crippen molar-refractivity contribution in [1.29, 1.82) is 0 Å². The molecule has 0 bridgehead atoms. The van der Waals surface area contributed by atoms with Gasteiger partial charge in [-0.15, -0.1) is 6.58 Å². The van der Waals surface area contributed by atoms with Crippen LogP contribution in [0.15, 0.2) is 41.8 Å². The van der Waals surface area contributed by atoms with Gasteiger partial charge in [-0.05, 0) is 53.6 Å². The zero-order valence-corrected chi connectivity index (χ0v) is 35.2. The lowest BCUT2D eigenvalue weighted by Gasteiger charge is -2.39. The van der Waals surface area contributed by atoms with Gasteiger partial charge in [0.2, 0.25) is 27.6 Å². The summed E-state index contributed by atoms with van der Waals surface area (Å²) in [5.41, 5.74) is -1.30. The Bertz CT molecular complexity index is 1740. The Labute approximate surface area is 327 Å². The monoisotopic (exact) mass is 786 g/mol. The van der Waals surface area contributed by atoms with Gasteiger partial charge in [0.25, 0.3) is 5.91 Å². The summed E-state index contributed by atoms with van der Waals surface area (Å²) in [4.78, 5) is 81.3. The Balaban J connectivity index is 1.84. The lowest BCUT2D eigenvalue weighted by atomic mass is 9.85. The molecular weight excluding hydrogens is 725 g/mol. The molecule has 1 saturated heterocycles.